The topological polar surface area (TPSA) is 87.1 Å². The molecule has 0 unspecified atom stereocenters. The molecule has 1 aliphatic heterocycles. The summed E-state index contributed by atoms with van der Waals surface area (Å²) in [6.45, 7) is 3.24. The smallest absolute Gasteiger partial charge is 0.247 e. The normalized spacial score (nSPS) is 18.4. The number of hydrogen-bond donors (Lipinski definition) is 1. The molecule has 0 amide bonds. The van der Waals surface area contributed by atoms with Crippen LogP contribution in [0.25, 0.3) is 11.5 Å². The van der Waals surface area contributed by atoms with Crippen molar-refractivity contribution in [2.75, 3.05) is 13.2 Å². The summed E-state index contributed by atoms with van der Waals surface area (Å²) in [5.41, 5.74) is 7.53. The molecule has 100 valence electrons. The van der Waals surface area contributed by atoms with Gasteiger partial charge < -0.3 is 15.0 Å². The number of aromatic nitrogens is 3. The van der Waals surface area contributed by atoms with Gasteiger partial charge >= 0.3 is 0 Å². The van der Waals surface area contributed by atoms with Gasteiger partial charge in [-0.3, -0.25) is 4.98 Å². The van der Waals surface area contributed by atoms with E-state index < -0.39 is 5.54 Å². The first-order valence-electron chi connectivity index (χ1n) is 6.31. The number of pyridine rings is 1. The fraction of sp³-hybridized carbons (Fsp3) is 0.462. The fourth-order valence-corrected chi connectivity index (χ4v) is 2.14. The zero-order valence-corrected chi connectivity index (χ0v) is 10.8. The SMILES string of the molecule is Cc1ccnc(-c2noc(C3(N)CCOCC3)n2)c1. The molecule has 1 saturated heterocycles. The lowest BCUT2D eigenvalue weighted by Gasteiger charge is -2.29. The molecule has 0 radical (unpaired) electrons. The highest BCUT2D eigenvalue weighted by molar-refractivity contribution is 5.49. The van der Waals surface area contributed by atoms with E-state index in [1.807, 2.05) is 19.1 Å². The molecule has 3 heterocycles. The molecule has 0 spiro atoms. The van der Waals surface area contributed by atoms with Gasteiger partial charge in [0.15, 0.2) is 0 Å². The van der Waals surface area contributed by atoms with E-state index >= 15 is 0 Å². The molecular formula is C13H16N4O2. The van der Waals surface area contributed by atoms with Gasteiger partial charge in [-0.2, -0.15) is 4.98 Å². The molecule has 0 atom stereocenters. The van der Waals surface area contributed by atoms with Crippen LogP contribution in [0.3, 0.4) is 0 Å². The summed E-state index contributed by atoms with van der Waals surface area (Å²) in [5.74, 6) is 0.948. The van der Waals surface area contributed by atoms with E-state index in [-0.39, 0.29) is 0 Å². The van der Waals surface area contributed by atoms with E-state index in [1.165, 1.54) is 0 Å². The van der Waals surface area contributed by atoms with E-state index in [1.54, 1.807) is 6.20 Å². The van der Waals surface area contributed by atoms with Gasteiger partial charge in [-0.25, -0.2) is 0 Å². The Kier molecular flexibility index (Phi) is 3.04. The molecule has 6 heteroatoms. The molecule has 0 aliphatic carbocycles. The summed E-state index contributed by atoms with van der Waals surface area (Å²) >= 11 is 0. The number of nitrogens with two attached hydrogens (primary N) is 1. The standard InChI is InChI=1S/C13H16N4O2/c1-9-2-5-15-10(8-9)11-16-12(19-17-11)13(14)3-6-18-7-4-13/h2,5,8H,3-4,6-7,14H2,1H3. The Hall–Kier alpha value is -1.79. The lowest BCUT2D eigenvalue weighted by Crippen LogP contribution is -2.42. The highest BCUT2D eigenvalue weighted by atomic mass is 16.5. The maximum atomic E-state index is 6.31. The summed E-state index contributed by atoms with van der Waals surface area (Å²) < 4.78 is 10.6. The van der Waals surface area contributed by atoms with E-state index in [0.29, 0.717) is 43.5 Å². The monoisotopic (exact) mass is 260 g/mol. The van der Waals surface area contributed by atoms with Crippen LogP contribution in [-0.2, 0) is 10.3 Å². The molecule has 1 fully saturated rings. The second-order valence-corrected chi connectivity index (χ2v) is 4.91. The quantitative estimate of drug-likeness (QED) is 0.878. The van der Waals surface area contributed by atoms with Crippen LogP contribution < -0.4 is 5.73 Å². The first-order valence-corrected chi connectivity index (χ1v) is 6.31. The van der Waals surface area contributed by atoms with Crippen molar-refractivity contribution >= 4 is 0 Å². The molecule has 0 bridgehead atoms. The van der Waals surface area contributed by atoms with Crippen LogP contribution in [0.4, 0.5) is 0 Å². The van der Waals surface area contributed by atoms with Crippen LogP contribution in [0.5, 0.6) is 0 Å². The predicted molar refractivity (Wildman–Crippen MR) is 68.2 cm³/mol. The third-order valence-corrected chi connectivity index (χ3v) is 3.38. The molecule has 6 nitrogen and oxygen atoms in total. The summed E-state index contributed by atoms with van der Waals surface area (Å²) in [4.78, 5) is 8.64. The molecule has 19 heavy (non-hydrogen) atoms. The Bertz CT molecular complexity index is 576. The van der Waals surface area contributed by atoms with Gasteiger partial charge in [0.1, 0.15) is 11.2 Å². The Morgan fingerprint density at radius 2 is 2.11 bits per heavy atom. The van der Waals surface area contributed by atoms with Crippen LogP contribution in [0.15, 0.2) is 22.9 Å². The van der Waals surface area contributed by atoms with Crippen molar-refractivity contribution < 1.29 is 9.26 Å². The average Bonchev–Trinajstić information content (AvgIpc) is 2.90. The van der Waals surface area contributed by atoms with E-state index in [2.05, 4.69) is 15.1 Å². The van der Waals surface area contributed by atoms with E-state index in [4.69, 9.17) is 15.0 Å². The van der Waals surface area contributed by atoms with Gasteiger partial charge in [0.2, 0.25) is 11.7 Å². The first-order chi connectivity index (χ1) is 9.17. The molecule has 3 rings (SSSR count). The molecular weight excluding hydrogens is 244 g/mol. The molecule has 2 aromatic heterocycles. The van der Waals surface area contributed by atoms with Crippen LogP contribution in [-0.4, -0.2) is 28.3 Å². The van der Waals surface area contributed by atoms with Crippen molar-refractivity contribution in [3.8, 4) is 11.5 Å². The molecule has 0 aromatic carbocycles. The second kappa shape index (κ2) is 4.71. The molecule has 1 aliphatic rings. The van der Waals surface area contributed by atoms with Gasteiger partial charge in [-0.1, -0.05) is 5.16 Å². The van der Waals surface area contributed by atoms with E-state index in [0.717, 1.165) is 5.56 Å². The fourth-order valence-electron chi connectivity index (χ4n) is 2.14. The lowest BCUT2D eigenvalue weighted by molar-refractivity contribution is 0.0400. The van der Waals surface area contributed by atoms with Gasteiger partial charge in [0, 0.05) is 19.4 Å². The summed E-state index contributed by atoms with van der Waals surface area (Å²) in [5, 5.41) is 3.98. The van der Waals surface area contributed by atoms with Crippen molar-refractivity contribution in [1.82, 2.24) is 15.1 Å². The zero-order chi connectivity index (χ0) is 13.3. The largest absolute Gasteiger partial charge is 0.381 e. The number of ether oxygens (including phenoxy) is 1. The van der Waals surface area contributed by atoms with Crippen molar-refractivity contribution in [2.24, 2.45) is 5.73 Å². The van der Waals surface area contributed by atoms with E-state index in [9.17, 15) is 0 Å². The van der Waals surface area contributed by atoms with Gasteiger partial charge in [-0.05, 0) is 37.5 Å². The Balaban J connectivity index is 1.91. The zero-order valence-electron chi connectivity index (χ0n) is 10.8. The van der Waals surface area contributed by atoms with Crippen molar-refractivity contribution in [1.29, 1.82) is 0 Å². The van der Waals surface area contributed by atoms with Gasteiger partial charge in [0.25, 0.3) is 0 Å². The van der Waals surface area contributed by atoms with Gasteiger partial charge in [-0.15, -0.1) is 0 Å². The second-order valence-electron chi connectivity index (χ2n) is 4.91. The summed E-state index contributed by atoms with van der Waals surface area (Å²) in [7, 11) is 0. The first kappa shape index (κ1) is 12.3. The maximum Gasteiger partial charge on any atom is 0.247 e. The number of hydrogen-bond acceptors (Lipinski definition) is 6. The lowest BCUT2D eigenvalue weighted by atomic mass is 9.91. The molecule has 2 aromatic rings. The number of rotatable bonds is 2. The Morgan fingerprint density at radius 1 is 1.32 bits per heavy atom. The van der Waals surface area contributed by atoms with Crippen molar-refractivity contribution in [3.63, 3.8) is 0 Å². The highest BCUT2D eigenvalue weighted by Crippen LogP contribution is 2.29. The summed E-state index contributed by atoms with van der Waals surface area (Å²) in [6.07, 6.45) is 3.11. The van der Waals surface area contributed by atoms with Gasteiger partial charge in [0.05, 0.1) is 0 Å². The number of aryl methyl sites for hydroxylation is 1. The minimum atomic E-state index is -0.576. The van der Waals surface area contributed by atoms with Crippen LogP contribution in [0.2, 0.25) is 0 Å². The third kappa shape index (κ3) is 2.36. The number of nitrogens with zero attached hydrogens (tertiary/aromatic N) is 3. The molecule has 2 N–H and O–H groups in total. The minimum Gasteiger partial charge on any atom is -0.381 e. The minimum absolute atomic E-state index is 0.467. The van der Waals surface area contributed by atoms with Crippen LogP contribution >= 0.6 is 0 Å². The maximum absolute atomic E-state index is 6.31. The third-order valence-electron chi connectivity index (χ3n) is 3.38. The Morgan fingerprint density at radius 3 is 2.84 bits per heavy atom. The predicted octanol–water partition coefficient (Wildman–Crippen LogP) is 1.40. The summed E-state index contributed by atoms with van der Waals surface area (Å²) in [6, 6.07) is 3.84. The Labute approximate surface area is 111 Å². The molecule has 0 saturated carbocycles. The highest BCUT2D eigenvalue weighted by Gasteiger charge is 2.36. The van der Waals surface area contributed by atoms with Crippen molar-refractivity contribution in [2.45, 2.75) is 25.3 Å². The van der Waals surface area contributed by atoms with Crippen molar-refractivity contribution in [3.05, 3.63) is 29.8 Å². The average molecular weight is 260 g/mol. The van der Waals surface area contributed by atoms with Crippen LogP contribution in [0.1, 0.15) is 24.3 Å². The van der Waals surface area contributed by atoms with Crippen LogP contribution in [0, 0.1) is 6.92 Å².